The van der Waals surface area contributed by atoms with Crippen molar-refractivity contribution in [2.75, 3.05) is 20.3 Å². The number of fused-ring (bicyclic) bond motifs is 3. The fraction of sp³-hybridized carbons (Fsp3) is 0.692. The van der Waals surface area contributed by atoms with Crippen LogP contribution in [0.2, 0.25) is 0 Å². The maximum Gasteiger partial charge on any atom is 0.262 e. The summed E-state index contributed by atoms with van der Waals surface area (Å²) in [6, 6.07) is 6.85. The highest BCUT2D eigenvalue weighted by molar-refractivity contribution is 6.08. The van der Waals surface area contributed by atoms with Crippen LogP contribution in [0, 0.1) is 11.3 Å². The number of amides is 1. The molecule has 2 N–H and O–H groups in total. The fourth-order valence-corrected chi connectivity index (χ4v) is 6.65. The molecule has 0 bridgehead atoms. The van der Waals surface area contributed by atoms with E-state index in [9.17, 15) is 4.79 Å². The predicted molar refractivity (Wildman–Crippen MR) is 122 cm³/mol. The van der Waals surface area contributed by atoms with Crippen LogP contribution in [0.5, 0.6) is 0 Å². The minimum atomic E-state index is -0.884. The van der Waals surface area contributed by atoms with Crippen LogP contribution in [0.25, 0.3) is 0 Å². The number of ether oxygens (including phenoxy) is 2. The Morgan fingerprint density at radius 1 is 1.22 bits per heavy atom. The number of nitrogens with zero attached hydrogens (tertiary/aromatic N) is 2. The van der Waals surface area contributed by atoms with E-state index >= 15 is 0 Å². The molecular weight excluding hydrogens is 402 g/mol. The van der Waals surface area contributed by atoms with E-state index in [1.165, 1.54) is 30.4 Å². The minimum absolute atomic E-state index is 0.0689. The Morgan fingerprint density at radius 2 is 2.00 bits per heavy atom. The molecule has 6 rings (SSSR count). The molecule has 0 aromatic heterocycles. The first kappa shape index (κ1) is 20.7. The van der Waals surface area contributed by atoms with Gasteiger partial charge in [0.1, 0.15) is 0 Å². The predicted octanol–water partition coefficient (Wildman–Crippen LogP) is 3.30. The number of carbonyl (C=O) groups is 1. The van der Waals surface area contributed by atoms with Crippen LogP contribution in [-0.2, 0) is 32.6 Å². The maximum absolute atomic E-state index is 14.2. The number of rotatable bonds is 6. The van der Waals surface area contributed by atoms with E-state index in [1.807, 2.05) is 0 Å². The highest BCUT2D eigenvalue weighted by Crippen LogP contribution is 2.62. The van der Waals surface area contributed by atoms with E-state index < -0.39 is 5.54 Å². The molecule has 32 heavy (non-hydrogen) atoms. The van der Waals surface area contributed by atoms with Crippen molar-refractivity contribution >= 4 is 11.9 Å². The van der Waals surface area contributed by atoms with E-state index in [4.69, 9.17) is 20.2 Å². The van der Waals surface area contributed by atoms with Crippen LogP contribution in [0.4, 0.5) is 0 Å². The molecule has 1 aromatic carbocycles. The largest absolute Gasteiger partial charge is 0.381 e. The van der Waals surface area contributed by atoms with Gasteiger partial charge in [-0.1, -0.05) is 31.0 Å². The molecule has 1 saturated heterocycles. The van der Waals surface area contributed by atoms with Gasteiger partial charge >= 0.3 is 0 Å². The van der Waals surface area contributed by atoms with Gasteiger partial charge in [0.05, 0.1) is 18.8 Å². The van der Waals surface area contributed by atoms with E-state index in [0.717, 1.165) is 63.0 Å². The minimum Gasteiger partial charge on any atom is -0.381 e. The zero-order valence-electron chi connectivity index (χ0n) is 19.1. The Kier molecular flexibility index (Phi) is 4.88. The van der Waals surface area contributed by atoms with E-state index in [1.54, 1.807) is 12.0 Å². The SMILES string of the molecule is CO[C@H]1CC[C@]2(CC1)Cc1ccc(CCC3CC3)cc1[C@]21N=C(N)N(C[C@@H]2CCO2)C1=O. The topological polar surface area (TPSA) is 77.2 Å². The smallest absolute Gasteiger partial charge is 0.262 e. The van der Waals surface area contributed by atoms with Crippen LogP contribution >= 0.6 is 0 Å². The van der Waals surface area contributed by atoms with Crippen LogP contribution < -0.4 is 5.73 Å². The molecule has 6 nitrogen and oxygen atoms in total. The number of aryl methyl sites for hydroxylation is 1. The highest BCUT2D eigenvalue weighted by atomic mass is 16.5. The summed E-state index contributed by atoms with van der Waals surface area (Å²) in [4.78, 5) is 21.0. The van der Waals surface area contributed by atoms with Crippen molar-refractivity contribution in [3.8, 4) is 0 Å². The fourth-order valence-electron chi connectivity index (χ4n) is 6.65. The lowest BCUT2D eigenvalue weighted by Crippen LogP contribution is -2.54. The molecule has 2 spiro atoms. The summed E-state index contributed by atoms with van der Waals surface area (Å²) in [5.41, 5.74) is 9.11. The van der Waals surface area contributed by atoms with E-state index in [0.29, 0.717) is 12.5 Å². The van der Waals surface area contributed by atoms with Crippen molar-refractivity contribution in [3.05, 3.63) is 34.9 Å². The lowest BCUT2D eigenvalue weighted by molar-refractivity contribution is -0.141. The van der Waals surface area contributed by atoms with Gasteiger partial charge in [-0.15, -0.1) is 0 Å². The average Bonchev–Trinajstić information content (AvgIpc) is 3.52. The van der Waals surface area contributed by atoms with Crippen molar-refractivity contribution in [3.63, 3.8) is 0 Å². The van der Waals surface area contributed by atoms with Crippen molar-refractivity contribution in [1.82, 2.24) is 4.90 Å². The third-order valence-corrected chi connectivity index (χ3v) is 8.91. The van der Waals surface area contributed by atoms with Gasteiger partial charge in [-0.25, -0.2) is 4.99 Å². The van der Waals surface area contributed by atoms with Gasteiger partial charge in [0.15, 0.2) is 11.5 Å². The molecule has 1 amide bonds. The van der Waals surface area contributed by atoms with Crippen molar-refractivity contribution in [1.29, 1.82) is 0 Å². The van der Waals surface area contributed by atoms with Gasteiger partial charge in [0.2, 0.25) is 0 Å². The monoisotopic (exact) mass is 437 g/mol. The maximum atomic E-state index is 14.2. The third kappa shape index (κ3) is 3.06. The quantitative estimate of drug-likeness (QED) is 0.741. The Morgan fingerprint density at radius 3 is 2.66 bits per heavy atom. The van der Waals surface area contributed by atoms with E-state index in [2.05, 4.69) is 18.2 Å². The molecular formula is C26H35N3O3. The first-order valence-corrected chi connectivity index (χ1v) is 12.5. The molecule has 2 heterocycles. The Hall–Kier alpha value is -1.92. The zero-order valence-corrected chi connectivity index (χ0v) is 19.1. The Bertz CT molecular complexity index is 944. The van der Waals surface area contributed by atoms with Gasteiger partial charge < -0.3 is 15.2 Å². The molecule has 0 unspecified atom stereocenters. The van der Waals surface area contributed by atoms with Gasteiger partial charge in [0, 0.05) is 19.1 Å². The summed E-state index contributed by atoms with van der Waals surface area (Å²) in [5, 5.41) is 0. The third-order valence-electron chi connectivity index (χ3n) is 8.91. The number of hydrogen-bond acceptors (Lipinski definition) is 5. The van der Waals surface area contributed by atoms with Crippen LogP contribution in [-0.4, -0.2) is 49.2 Å². The second-order valence-electron chi connectivity index (χ2n) is 10.7. The van der Waals surface area contributed by atoms with Crippen LogP contribution in [0.1, 0.15) is 68.1 Å². The number of benzene rings is 1. The number of nitrogens with two attached hydrogens (primary N) is 1. The summed E-state index contributed by atoms with van der Waals surface area (Å²) in [5.74, 6) is 1.34. The number of methoxy groups -OCH3 is 1. The Balaban J connectivity index is 1.39. The Labute approximate surface area is 190 Å². The highest BCUT2D eigenvalue weighted by Gasteiger charge is 2.66. The molecule has 1 aromatic rings. The molecule has 3 fully saturated rings. The summed E-state index contributed by atoms with van der Waals surface area (Å²) < 4.78 is 11.3. The number of carbonyl (C=O) groups excluding carboxylic acids is 1. The first-order valence-electron chi connectivity index (χ1n) is 12.5. The molecule has 3 aliphatic carbocycles. The van der Waals surface area contributed by atoms with Crippen molar-refractivity contribution < 1.29 is 14.3 Å². The average molecular weight is 438 g/mol. The standard InChI is InChI=1S/C26H35N3O3/c1-31-20-8-11-25(12-9-20)15-19-7-6-18(5-4-17-2-3-17)14-22(19)26(25)23(30)29(24(27)28-26)16-21-10-13-32-21/h6-7,14,17,20-21H,2-5,8-13,15-16H2,1H3,(H2,27,28)/t20-,21-,25-,26+/m0/s1. The summed E-state index contributed by atoms with van der Waals surface area (Å²) >= 11 is 0. The van der Waals surface area contributed by atoms with Gasteiger partial charge in [0.25, 0.3) is 5.91 Å². The second-order valence-corrected chi connectivity index (χ2v) is 10.7. The summed E-state index contributed by atoms with van der Waals surface area (Å²) in [7, 11) is 1.80. The molecule has 2 aliphatic heterocycles. The van der Waals surface area contributed by atoms with Crippen molar-refractivity contribution in [2.24, 2.45) is 22.1 Å². The lowest BCUT2D eigenvalue weighted by Gasteiger charge is -2.45. The molecule has 0 radical (unpaired) electrons. The van der Waals surface area contributed by atoms with Gasteiger partial charge in [-0.2, -0.15) is 0 Å². The van der Waals surface area contributed by atoms with Crippen LogP contribution in [0.15, 0.2) is 23.2 Å². The van der Waals surface area contributed by atoms with Crippen molar-refractivity contribution in [2.45, 2.75) is 82.0 Å². The van der Waals surface area contributed by atoms with Gasteiger partial charge in [-0.3, -0.25) is 9.69 Å². The van der Waals surface area contributed by atoms with Crippen LogP contribution in [0.3, 0.4) is 0 Å². The normalized spacial score (nSPS) is 36.0. The summed E-state index contributed by atoms with van der Waals surface area (Å²) in [6.07, 6.45) is 11.1. The molecule has 2 saturated carbocycles. The number of aliphatic imine (C=N–C) groups is 1. The van der Waals surface area contributed by atoms with Gasteiger partial charge in [-0.05, 0) is 74.0 Å². The lowest BCUT2D eigenvalue weighted by atomic mass is 9.61. The number of hydrogen-bond donors (Lipinski definition) is 1. The molecule has 172 valence electrons. The molecule has 6 heteroatoms. The molecule has 5 aliphatic rings. The molecule has 2 atom stereocenters. The van der Waals surface area contributed by atoms with E-state index in [-0.39, 0.29) is 23.5 Å². The second kappa shape index (κ2) is 7.56. The zero-order chi connectivity index (χ0) is 21.9. The summed E-state index contributed by atoms with van der Waals surface area (Å²) in [6.45, 7) is 1.29. The first-order chi connectivity index (χ1) is 15.5. The number of guanidine groups is 1.